The molecule has 0 aromatic heterocycles. The fraction of sp³-hybridized carbons (Fsp3) is 0.887. The van der Waals surface area contributed by atoms with Crippen molar-refractivity contribution in [3.8, 4) is 0 Å². The van der Waals surface area contributed by atoms with Crippen LogP contribution in [0.4, 0.5) is 0 Å². The lowest BCUT2D eigenvalue weighted by molar-refractivity contribution is -0.142. The molecule has 7 aliphatic heterocycles. The molecule has 0 aliphatic carbocycles. The molecule has 7 heterocycles. The van der Waals surface area contributed by atoms with Gasteiger partial charge in [-0.15, -0.1) is 0 Å². The Hall–Kier alpha value is -6.52. The largest absolute Gasteiger partial charge is 0.356 e. The highest BCUT2D eigenvalue weighted by Gasteiger charge is 2.33. The first-order valence-corrected chi connectivity index (χ1v) is 52.8. The zero-order valence-corrected chi connectivity index (χ0v) is 92.9. The summed E-state index contributed by atoms with van der Waals surface area (Å²) in [5, 5.41) is 2.98. The summed E-state index contributed by atoms with van der Waals surface area (Å²) in [5.74, 6) is 7.44. The predicted octanol–water partition coefficient (Wildman–Crippen LogP) is 14.2. The summed E-state index contributed by atoms with van der Waals surface area (Å²) in [4.78, 5) is 172. The Morgan fingerprint density at radius 3 is 0.716 bits per heavy atom. The second kappa shape index (κ2) is 71.0. The summed E-state index contributed by atoms with van der Waals surface area (Å²) in [6.07, 6.45) is 6.38. The van der Waals surface area contributed by atoms with Crippen molar-refractivity contribution < 1.29 is 57.5 Å². The van der Waals surface area contributed by atoms with Gasteiger partial charge in [0.2, 0.25) is 70.9 Å². The number of carbonyl (C=O) groups is 12. The van der Waals surface area contributed by atoms with Gasteiger partial charge in [0, 0.05) is 301 Å². The summed E-state index contributed by atoms with van der Waals surface area (Å²) in [5.41, 5.74) is 0. The summed E-state index contributed by atoms with van der Waals surface area (Å²) in [7, 11) is 0. The topological polar surface area (TPSA) is 265 Å². The minimum absolute atomic E-state index is 0.0485. The Balaban J connectivity index is 0. The molecule has 12 amide bonds. The van der Waals surface area contributed by atoms with Crippen LogP contribution in [0.15, 0.2) is 0 Å². The molecule has 0 bridgehead atoms. The van der Waals surface area contributed by atoms with Gasteiger partial charge in [-0.2, -0.15) is 0 Å². The molecule has 134 heavy (non-hydrogen) atoms. The third kappa shape index (κ3) is 55.9. The second-order valence-corrected chi connectivity index (χ2v) is 43.5. The van der Waals surface area contributed by atoms with E-state index in [9.17, 15) is 57.5 Å². The first-order valence-electron chi connectivity index (χ1n) is 52.8. The molecule has 28 heteroatoms. The smallest absolute Gasteiger partial charge is 0.225 e. The third-order valence-electron chi connectivity index (χ3n) is 24.3. The van der Waals surface area contributed by atoms with Crippen molar-refractivity contribution in [2.45, 2.75) is 313 Å². The Kier molecular flexibility index (Phi) is 68.6. The Bertz CT molecular complexity index is 3200. The van der Waals surface area contributed by atoms with Crippen LogP contribution in [0.25, 0.3) is 0 Å². The molecule has 1 N–H and O–H groups in total. The van der Waals surface area contributed by atoms with Gasteiger partial charge in [-0.25, -0.2) is 0 Å². The Labute approximate surface area is 820 Å². The maximum atomic E-state index is 11.9. The van der Waals surface area contributed by atoms with E-state index in [0.717, 1.165) is 201 Å². The number of rotatable bonds is 30. The molecule has 7 saturated heterocycles. The summed E-state index contributed by atoms with van der Waals surface area (Å²) < 4.78 is 0. The van der Waals surface area contributed by atoms with Crippen molar-refractivity contribution in [1.82, 2.24) is 78.8 Å². The number of likely N-dealkylation sites (tertiary alicyclic amines) is 1. The van der Waals surface area contributed by atoms with Crippen molar-refractivity contribution in [2.24, 2.45) is 88.8 Å². The molecule has 784 valence electrons. The maximum absolute atomic E-state index is 11.9. The first-order chi connectivity index (χ1) is 62.5. The van der Waals surface area contributed by atoms with Gasteiger partial charge in [-0.05, 0) is 109 Å². The SMILES string of the molecule is CC(C)C(=O)N1CCN(C(=O)C(C)C)CC1.CC(C)C(=O)N1CCN(C(C)C)CC1.CC(C)CC(=O)N1CCN(C(=O)C(C)C)CC1.CC(C)CC(=O)N1CCN(C(C)C)CC1.CC(C)CC(=O)N1CCN(CC(C)C)CC1.CC(C)CN1CCN(C(=O)C(C)C)CC1.CC(C)CNC(=O)C1CCN(C(=O)C(C)C)CC1.CCCN(CC)C(=O)C(C)C.CCCN(CC)C(=O)CC(C)C. The van der Waals surface area contributed by atoms with E-state index < -0.39 is 0 Å². The van der Waals surface area contributed by atoms with Crippen molar-refractivity contribution in [2.75, 3.05) is 216 Å². The average Bonchev–Trinajstić information content (AvgIpc) is 0.868. The Morgan fingerprint density at radius 1 is 0.261 bits per heavy atom. The van der Waals surface area contributed by atoms with Gasteiger partial charge < -0.3 is 59.2 Å². The molecule has 0 saturated carbocycles. The van der Waals surface area contributed by atoms with Crippen LogP contribution in [-0.2, 0) is 57.5 Å². The van der Waals surface area contributed by atoms with E-state index in [1.807, 2.05) is 165 Å². The van der Waals surface area contributed by atoms with Gasteiger partial charge in [0.05, 0.1) is 0 Å². The first kappa shape index (κ1) is 130. The molecule has 0 atom stereocenters. The van der Waals surface area contributed by atoms with Gasteiger partial charge >= 0.3 is 0 Å². The normalized spacial score (nSPS) is 16.8. The highest BCUT2D eigenvalue weighted by atomic mass is 16.2. The van der Waals surface area contributed by atoms with E-state index >= 15 is 0 Å². The molecule has 0 unspecified atom stereocenters. The highest BCUT2D eigenvalue weighted by molar-refractivity contribution is 5.83. The molecule has 0 aromatic rings. The minimum atomic E-state index is 0.0485. The third-order valence-corrected chi connectivity index (χ3v) is 24.3. The fourth-order valence-electron chi connectivity index (χ4n) is 16.3. The van der Waals surface area contributed by atoms with Crippen LogP contribution in [0.3, 0.4) is 0 Å². The predicted molar refractivity (Wildman–Crippen MR) is 553 cm³/mol. The summed E-state index contributed by atoms with van der Waals surface area (Å²) in [6, 6.07) is 1.21. The quantitative estimate of drug-likeness (QED) is 0.0700. The van der Waals surface area contributed by atoms with Crippen LogP contribution >= 0.6 is 0 Å². The number of nitrogens with zero attached hydrogens (tertiary/aromatic N) is 15. The molecule has 7 aliphatic rings. The molecular weight excluding hydrogens is 1690 g/mol. The molecule has 7 rings (SSSR count). The highest BCUT2D eigenvalue weighted by Crippen LogP contribution is 2.22. The average molecular weight is 1900 g/mol. The van der Waals surface area contributed by atoms with Crippen molar-refractivity contribution in [1.29, 1.82) is 0 Å². The van der Waals surface area contributed by atoms with Crippen LogP contribution in [0.5, 0.6) is 0 Å². The van der Waals surface area contributed by atoms with E-state index in [-0.39, 0.29) is 88.7 Å². The number of hydrogen-bond acceptors (Lipinski definition) is 16. The lowest BCUT2D eigenvalue weighted by atomic mass is 9.95. The van der Waals surface area contributed by atoms with E-state index in [1.165, 1.54) is 0 Å². The lowest BCUT2D eigenvalue weighted by Gasteiger charge is -2.37. The van der Waals surface area contributed by atoms with Crippen LogP contribution in [-0.4, -0.2) is 372 Å². The lowest BCUT2D eigenvalue weighted by Crippen LogP contribution is -2.52. The minimum Gasteiger partial charge on any atom is -0.356 e. The number of carbonyl (C=O) groups excluding carboxylic acids is 12. The van der Waals surface area contributed by atoms with Crippen LogP contribution in [0.2, 0.25) is 0 Å². The molecule has 7 fully saturated rings. The van der Waals surface area contributed by atoms with Crippen molar-refractivity contribution in [3.05, 3.63) is 0 Å². The molecule has 0 spiro atoms. The van der Waals surface area contributed by atoms with Crippen LogP contribution in [0.1, 0.15) is 301 Å². The summed E-state index contributed by atoms with van der Waals surface area (Å²) >= 11 is 0. The standard InChI is InChI=1S/C14H26N2O2.C13H24N2O2.C13H26N2O.C12H22N2O2.2C12H24N2O.C11H22N2O.C10H21NO.C9H19NO/c1-10(2)9-15-13(17)12-5-7-16(8-6-12)14(18)11(3)4;1-10(2)9-12(16)14-5-7-15(8-6-14)13(17)11(3)4;1-11(2)9-13(16)15-7-5-14(6-8-15)10-12(3)4;1-9(2)11(15)13-5-7-14(8-6-13)12(16)10(3)4;1-10(2)9-13-5-7-14(8-6-13)12(15)11(3)4;1-10(2)9-12(15)14-7-5-13(6-8-14)11(3)4;1-9(2)11(14)13-7-5-12(6-8-13)10(3)4;1-5-7-11(6-2)10(12)8-9(3)4;1-5-7-10(6-2)9(11)8(3)4/h10-12H,5-9H2,1-4H3,(H,15,17);10-11H,5-9H2,1-4H3;11-12H,5-10H2,1-4H3;9-10H,5-8H2,1-4H3;2*10-11H,5-9H2,1-4H3;9-10H,5-8H2,1-4H3;9H,5-8H2,1-4H3;8H,5-7H2,1-4H3. The van der Waals surface area contributed by atoms with Gasteiger partial charge in [0.1, 0.15) is 0 Å². The van der Waals surface area contributed by atoms with Crippen LogP contribution < -0.4 is 5.32 Å². The number of hydrogen-bond donors (Lipinski definition) is 1. The van der Waals surface area contributed by atoms with Crippen molar-refractivity contribution in [3.63, 3.8) is 0 Å². The number of nitrogens with one attached hydrogen (secondary N) is 1. The number of piperazine rings is 6. The van der Waals surface area contributed by atoms with E-state index in [4.69, 9.17) is 0 Å². The zero-order chi connectivity index (χ0) is 103. The Morgan fingerprint density at radius 2 is 0.493 bits per heavy atom. The molecule has 0 aromatic carbocycles. The van der Waals surface area contributed by atoms with E-state index in [1.54, 1.807) is 0 Å². The van der Waals surface area contributed by atoms with Crippen LogP contribution in [0, 0.1) is 88.8 Å². The summed E-state index contributed by atoms with van der Waals surface area (Å²) in [6.45, 7) is 103. The monoisotopic (exact) mass is 1900 g/mol. The van der Waals surface area contributed by atoms with E-state index in [0.29, 0.717) is 149 Å². The zero-order valence-electron chi connectivity index (χ0n) is 92.9. The van der Waals surface area contributed by atoms with Gasteiger partial charge in [-0.3, -0.25) is 77.1 Å². The second-order valence-electron chi connectivity index (χ2n) is 43.5. The van der Waals surface area contributed by atoms with Gasteiger partial charge in [-0.1, -0.05) is 208 Å². The van der Waals surface area contributed by atoms with Crippen molar-refractivity contribution >= 4 is 70.9 Å². The fourth-order valence-corrected chi connectivity index (χ4v) is 16.3. The molecule has 28 nitrogen and oxygen atoms in total. The maximum Gasteiger partial charge on any atom is 0.225 e. The van der Waals surface area contributed by atoms with Gasteiger partial charge in [0.15, 0.2) is 0 Å². The van der Waals surface area contributed by atoms with Gasteiger partial charge in [0.25, 0.3) is 0 Å². The molecule has 0 radical (unpaired) electrons. The number of amides is 12. The number of piperidine rings is 1. The van der Waals surface area contributed by atoms with E-state index in [2.05, 4.69) is 163 Å². The molecular formula is C106H208N16O12.